The van der Waals surface area contributed by atoms with Crippen LogP contribution in [0.15, 0.2) is 18.2 Å². The molecule has 0 aromatic heterocycles. The molecule has 1 amide bonds. The number of anilines is 1. The van der Waals surface area contributed by atoms with Crippen molar-refractivity contribution in [2.75, 3.05) is 12.4 Å². The van der Waals surface area contributed by atoms with Crippen LogP contribution in [0.2, 0.25) is 0 Å². The monoisotopic (exact) mass is 271 g/mol. The first kappa shape index (κ1) is 15.5. The molecule has 0 saturated heterocycles. The molecule has 0 fully saturated rings. The molecule has 0 bridgehead atoms. The number of para-hydroxylation sites is 1. The summed E-state index contributed by atoms with van der Waals surface area (Å²) in [6.45, 7) is 3.58. The fourth-order valence-electron chi connectivity index (χ4n) is 1.94. The Labute approximate surface area is 118 Å². The lowest BCUT2D eigenvalue weighted by Gasteiger charge is -2.23. The normalized spacial score (nSPS) is 10.2. The van der Waals surface area contributed by atoms with Crippen molar-refractivity contribution in [1.82, 2.24) is 0 Å². The number of amides is 1. The van der Waals surface area contributed by atoms with Crippen LogP contribution in [0, 0.1) is 28.1 Å². The van der Waals surface area contributed by atoms with Crippen molar-refractivity contribution < 1.29 is 9.53 Å². The zero-order valence-electron chi connectivity index (χ0n) is 11.9. The van der Waals surface area contributed by atoms with Gasteiger partial charge in [0, 0.05) is 0 Å². The van der Waals surface area contributed by atoms with Crippen molar-refractivity contribution in [3.63, 3.8) is 0 Å². The molecule has 0 saturated carbocycles. The predicted molar refractivity (Wildman–Crippen MR) is 75.0 cm³/mol. The lowest BCUT2D eigenvalue weighted by molar-refractivity contribution is -0.123. The molecule has 5 heteroatoms. The molecule has 0 atom stereocenters. The summed E-state index contributed by atoms with van der Waals surface area (Å²) in [5.41, 5.74) is -0.478. The molecule has 0 unspecified atom stereocenters. The molecule has 1 rings (SSSR count). The number of nitrogens with zero attached hydrogens (tertiary/aromatic N) is 2. The molecule has 0 spiro atoms. The van der Waals surface area contributed by atoms with E-state index in [0.29, 0.717) is 29.8 Å². The predicted octanol–water partition coefficient (Wildman–Crippen LogP) is 2.84. The Morgan fingerprint density at radius 2 is 2.00 bits per heavy atom. The Hall–Kier alpha value is -2.53. The molecule has 1 aromatic carbocycles. The van der Waals surface area contributed by atoms with Gasteiger partial charge in [0.15, 0.2) is 0 Å². The van der Waals surface area contributed by atoms with E-state index in [-0.39, 0.29) is 0 Å². The SMILES string of the molecule is CCC(C#N)(CC)C(=O)Nc1c(C#N)cccc1OC. The number of rotatable bonds is 5. The first-order valence-corrected chi connectivity index (χ1v) is 6.38. The minimum Gasteiger partial charge on any atom is -0.495 e. The van der Waals surface area contributed by atoms with E-state index in [1.54, 1.807) is 32.0 Å². The lowest BCUT2D eigenvalue weighted by Crippen LogP contribution is -2.34. The first-order valence-electron chi connectivity index (χ1n) is 6.38. The number of carbonyl (C=O) groups excluding carboxylic acids is 1. The van der Waals surface area contributed by atoms with Gasteiger partial charge in [0.1, 0.15) is 22.9 Å². The summed E-state index contributed by atoms with van der Waals surface area (Å²) >= 11 is 0. The summed E-state index contributed by atoms with van der Waals surface area (Å²) in [6, 6.07) is 8.99. The summed E-state index contributed by atoms with van der Waals surface area (Å²) in [7, 11) is 1.46. The molecular weight excluding hydrogens is 254 g/mol. The van der Waals surface area contributed by atoms with Gasteiger partial charge in [0.2, 0.25) is 5.91 Å². The standard InChI is InChI=1S/C15H17N3O2/c1-4-15(5-2,10-17)14(19)18-13-11(9-16)7-6-8-12(13)20-3/h6-8H,4-5H2,1-3H3,(H,18,19). The number of nitriles is 2. The molecule has 0 radical (unpaired) electrons. The van der Waals surface area contributed by atoms with Gasteiger partial charge in [0.05, 0.1) is 18.7 Å². The van der Waals surface area contributed by atoms with Gasteiger partial charge in [-0.1, -0.05) is 19.9 Å². The summed E-state index contributed by atoms with van der Waals surface area (Å²) in [4.78, 5) is 12.4. The Morgan fingerprint density at radius 1 is 1.35 bits per heavy atom. The maximum atomic E-state index is 12.4. The highest BCUT2D eigenvalue weighted by Crippen LogP contribution is 2.32. The average molecular weight is 271 g/mol. The number of benzene rings is 1. The number of ether oxygens (including phenoxy) is 1. The Kier molecular flexibility index (Phi) is 5.11. The third-order valence-electron chi connectivity index (χ3n) is 3.46. The fourth-order valence-corrected chi connectivity index (χ4v) is 1.94. The first-order chi connectivity index (χ1) is 9.58. The van der Waals surface area contributed by atoms with E-state index in [1.165, 1.54) is 7.11 Å². The third-order valence-corrected chi connectivity index (χ3v) is 3.46. The van der Waals surface area contributed by atoms with Crippen molar-refractivity contribution in [2.24, 2.45) is 5.41 Å². The van der Waals surface area contributed by atoms with E-state index < -0.39 is 11.3 Å². The number of nitrogens with one attached hydrogen (secondary N) is 1. The largest absolute Gasteiger partial charge is 0.495 e. The quantitative estimate of drug-likeness (QED) is 0.892. The molecule has 0 aliphatic heterocycles. The van der Waals surface area contributed by atoms with Crippen LogP contribution in [-0.2, 0) is 4.79 Å². The van der Waals surface area contributed by atoms with E-state index in [1.807, 2.05) is 6.07 Å². The van der Waals surface area contributed by atoms with E-state index in [9.17, 15) is 10.1 Å². The van der Waals surface area contributed by atoms with E-state index >= 15 is 0 Å². The smallest absolute Gasteiger partial charge is 0.244 e. The Bertz CT molecular complexity index is 578. The van der Waals surface area contributed by atoms with Crippen molar-refractivity contribution in [1.29, 1.82) is 10.5 Å². The van der Waals surface area contributed by atoms with Crippen molar-refractivity contribution in [2.45, 2.75) is 26.7 Å². The second-order valence-corrected chi connectivity index (χ2v) is 4.35. The van der Waals surface area contributed by atoms with Crippen molar-refractivity contribution >= 4 is 11.6 Å². The van der Waals surface area contributed by atoms with Crippen LogP contribution in [0.4, 0.5) is 5.69 Å². The van der Waals surface area contributed by atoms with Crippen LogP contribution >= 0.6 is 0 Å². The van der Waals surface area contributed by atoms with Gasteiger partial charge < -0.3 is 10.1 Å². The highest BCUT2D eigenvalue weighted by molar-refractivity contribution is 5.99. The van der Waals surface area contributed by atoms with Crippen molar-refractivity contribution in [3.8, 4) is 17.9 Å². The maximum absolute atomic E-state index is 12.4. The van der Waals surface area contributed by atoms with E-state index in [0.717, 1.165) is 0 Å². The lowest BCUT2D eigenvalue weighted by atomic mass is 9.83. The topological polar surface area (TPSA) is 85.9 Å². The summed E-state index contributed by atoms with van der Waals surface area (Å²) < 4.78 is 5.15. The van der Waals surface area contributed by atoms with E-state index in [2.05, 4.69) is 11.4 Å². The van der Waals surface area contributed by atoms with Crippen LogP contribution in [0.1, 0.15) is 32.3 Å². The summed E-state index contributed by atoms with van der Waals surface area (Å²) in [6.07, 6.45) is 0.811. The highest BCUT2D eigenvalue weighted by Gasteiger charge is 2.35. The van der Waals surface area contributed by atoms with Gasteiger partial charge in [-0.2, -0.15) is 10.5 Å². The summed E-state index contributed by atoms with van der Waals surface area (Å²) in [5, 5.41) is 21.0. The Balaban J connectivity index is 3.21. The van der Waals surface area contributed by atoms with Crippen LogP contribution < -0.4 is 10.1 Å². The Morgan fingerprint density at radius 3 is 2.45 bits per heavy atom. The van der Waals surface area contributed by atoms with Crippen LogP contribution in [0.25, 0.3) is 0 Å². The molecular formula is C15H17N3O2. The molecule has 104 valence electrons. The van der Waals surface area contributed by atoms with Crippen LogP contribution in [0.3, 0.4) is 0 Å². The zero-order chi connectivity index (χ0) is 15.2. The third kappa shape index (κ3) is 2.73. The van der Waals surface area contributed by atoms with Gasteiger partial charge in [-0.15, -0.1) is 0 Å². The van der Waals surface area contributed by atoms with Crippen LogP contribution in [0.5, 0.6) is 5.75 Å². The molecule has 0 aliphatic rings. The number of methoxy groups -OCH3 is 1. The second kappa shape index (κ2) is 6.58. The number of hydrogen-bond donors (Lipinski definition) is 1. The van der Waals surface area contributed by atoms with E-state index in [4.69, 9.17) is 10.00 Å². The van der Waals surface area contributed by atoms with Gasteiger partial charge in [-0.05, 0) is 25.0 Å². The maximum Gasteiger partial charge on any atom is 0.244 e. The average Bonchev–Trinajstić information content (AvgIpc) is 2.49. The fraction of sp³-hybridized carbons (Fsp3) is 0.400. The van der Waals surface area contributed by atoms with Crippen molar-refractivity contribution in [3.05, 3.63) is 23.8 Å². The second-order valence-electron chi connectivity index (χ2n) is 4.35. The summed E-state index contributed by atoms with van der Waals surface area (Å²) in [5.74, 6) is -0.0116. The van der Waals surface area contributed by atoms with Gasteiger partial charge in [-0.25, -0.2) is 0 Å². The molecule has 20 heavy (non-hydrogen) atoms. The molecule has 5 nitrogen and oxygen atoms in total. The van der Waals surface area contributed by atoms with Gasteiger partial charge >= 0.3 is 0 Å². The highest BCUT2D eigenvalue weighted by atomic mass is 16.5. The minimum atomic E-state index is -1.09. The van der Waals surface area contributed by atoms with Gasteiger partial charge in [-0.3, -0.25) is 4.79 Å². The molecule has 1 N–H and O–H groups in total. The zero-order valence-corrected chi connectivity index (χ0v) is 11.9. The number of carbonyl (C=O) groups is 1. The van der Waals surface area contributed by atoms with Crippen LogP contribution in [-0.4, -0.2) is 13.0 Å². The molecule has 1 aromatic rings. The molecule has 0 heterocycles. The molecule has 0 aliphatic carbocycles. The minimum absolute atomic E-state index is 0.303. The van der Waals surface area contributed by atoms with Gasteiger partial charge in [0.25, 0.3) is 0 Å². The number of hydrogen-bond acceptors (Lipinski definition) is 4.